The number of benzene rings is 2. The van der Waals surface area contributed by atoms with Crippen LogP contribution in [0.1, 0.15) is 39.5 Å². The average Bonchev–Trinajstić information content (AvgIpc) is 2.56. The van der Waals surface area contributed by atoms with E-state index < -0.39 is 0 Å². The Balaban J connectivity index is 2.12. The molecular formula is C20H23OS+. The third kappa shape index (κ3) is 2.93. The molecule has 0 atom stereocenters. The van der Waals surface area contributed by atoms with Gasteiger partial charge in [0.1, 0.15) is 15.8 Å². The normalized spacial score (nSPS) is 14.2. The number of ether oxygens (including phenoxy) is 1. The highest BCUT2D eigenvalue weighted by atomic mass is 32.2. The second-order valence-corrected chi connectivity index (χ2v) is 7.53. The quantitative estimate of drug-likeness (QED) is 0.588. The summed E-state index contributed by atoms with van der Waals surface area (Å²) in [5.74, 6) is 2.03. The number of fused-ring (bicyclic) bond motifs is 2. The molecule has 0 N–H and O–H groups in total. The highest BCUT2D eigenvalue weighted by Crippen LogP contribution is 2.47. The van der Waals surface area contributed by atoms with Gasteiger partial charge in [0.2, 0.25) is 9.79 Å². The summed E-state index contributed by atoms with van der Waals surface area (Å²) in [6.45, 7) is 4.51. The third-order valence-electron chi connectivity index (χ3n) is 3.78. The van der Waals surface area contributed by atoms with E-state index in [1.807, 2.05) is 0 Å². The van der Waals surface area contributed by atoms with Crippen molar-refractivity contribution in [3.8, 4) is 11.5 Å². The van der Waals surface area contributed by atoms with Crippen LogP contribution >= 0.6 is 0 Å². The molecule has 0 aliphatic carbocycles. The lowest BCUT2D eigenvalue weighted by atomic mass is 10.2. The van der Waals surface area contributed by atoms with Crippen LogP contribution in [0.4, 0.5) is 0 Å². The molecule has 114 valence electrons. The monoisotopic (exact) mass is 311 g/mol. The molecule has 0 bridgehead atoms. The molecule has 0 unspecified atom stereocenters. The molecule has 0 fully saturated rings. The number of hydrogen-bond donors (Lipinski definition) is 0. The highest BCUT2D eigenvalue weighted by molar-refractivity contribution is 8.00. The molecule has 2 heteroatoms. The Hall–Kier alpha value is -1.67. The topological polar surface area (TPSA) is 9.23 Å². The van der Waals surface area contributed by atoms with Crippen LogP contribution < -0.4 is 4.74 Å². The molecule has 0 saturated carbocycles. The van der Waals surface area contributed by atoms with Crippen LogP contribution in [0, 0.1) is 0 Å². The minimum Gasteiger partial charge on any atom is -0.447 e. The molecule has 1 aliphatic rings. The maximum Gasteiger partial charge on any atom is 0.208 e. The molecule has 0 saturated heterocycles. The van der Waals surface area contributed by atoms with Gasteiger partial charge < -0.3 is 4.74 Å². The minimum absolute atomic E-state index is 0.00242. The summed E-state index contributed by atoms with van der Waals surface area (Å²) in [6.07, 6.45) is 7.16. The maximum atomic E-state index is 6.12. The van der Waals surface area contributed by atoms with E-state index in [-0.39, 0.29) is 10.9 Å². The molecule has 0 radical (unpaired) electrons. The lowest BCUT2D eigenvalue weighted by molar-refractivity contribution is 0.453. The zero-order chi connectivity index (χ0) is 15.4. The van der Waals surface area contributed by atoms with Crippen molar-refractivity contribution in [2.24, 2.45) is 0 Å². The highest BCUT2D eigenvalue weighted by Gasteiger charge is 2.39. The van der Waals surface area contributed by atoms with Crippen molar-refractivity contribution in [1.82, 2.24) is 0 Å². The van der Waals surface area contributed by atoms with Crippen molar-refractivity contribution < 1.29 is 4.74 Å². The van der Waals surface area contributed by atoms with E-state index >= 15 is 0 Å². The molecule has 0 aromatic heterocycles. The summed E-state index contributed by atoms with van der Waals surface area (Å²) in [6, 6.07) is 17.0. The molecule has 1 heterocycles. The van der Waals surface area contributed by atoms with Gasteiger partial charge in [-0.05, 0) is 43.2 Å². The Morgan fingerprint density at radius 3 is 2.05 bits per heavy atom. The summed E-state index contributed by atoms with van der Waals surface area (Å²) in [4.78, 5) is 4.22. The predicted molar refractivity (Wildman–Crippen MR) is 94.8 cm³/mol. The van der Waals surface area contributed by atoms with Crippen molar-refractivity contribution in [3.63, 3.8) is 0 Å². The molecule has 1 aliphatic heterocycles. The van der Waals surface area contributed by atoms with E-state index in [9.17, 15) is 0 Å². The lowest BCUT2D eigenvalue weighted by Gasteiger charge is -2.21. The van der Waals surface area contributed by atoms with Crippen molar-refractivity contribution in [2.45, 2.75) is 49.3 Å². The van der Waals surface area contributed by atoms with Crippen molar-refractivity contribution in [1.29, 1.82) is 0 Å². The van der Waals surface area contributed by atoms with E-state index in [0.29, 0.717) is 0 Å². The van der Waals surface area contributed by atoms with Gasteiger partial charge in [-0.1, -0.05) is 44.5 Å². The molecule has 22 heavy (non-hydrogen) atoms. The first kappa shape index (κ1) is 15.2. The van der Waals surface area contributed by atoms with Crippen molar-refractivity contribution >= 4 is 10.9 Å². The SMILES string of the molecule is CCC/C=C(\CCC)[S+]1c2ccccc2Oc2ccccc21. The van der Waals surface area contributed by atoms with E-state index in [1.54, 1.807) is 4.91 Å². The lowest BCUT2D eigenvalue weighted by Crippen LogP contribution is -2.14. The Bertz CT molecular complexity index is 629. The largest absolute Gasteiger partial charge is 0.447 e. The zero-order valence-corrected chi connectivity index (χ0v) is 14.2. The molecular weight excluding hydrogens is 288 g/mol. The average molecular weight is 311 g/mol. The fraction of sp³-hybridized carbons (Fsp3) is 0.300. The van der Waals surface area contributed by atoms with Gasteiger partial charge in [0.05, 0.1) is 0 Å². The first-order chi connectivity index (χ1) is 10.8. The van der Waals surface area contributed by atoms with Crippen LogP contribution in [0.2, 0.25) is 0 Å². The first-order valence-electron chi connectivity index (χ1n) is 8.14. The van der Waals surface area contributed by atoms with E-state index in [0.717, 1.165) is 24.3 Å². The smallest absolute Gasteiger partial charge is 0.208 e. The third-order valence-corrected chi connectivity index (χ3v) is 6.23. The van der Waals surface area contributed by atoms with E-state index in [4.69, 9.17) is 4.74 Å². The molecule has 2 aromatic rings. The fourth-order valence-electron chi connectivity index (χ4n) is 2.76. The number of para-hydroxylation sites is 2. The minimum atomic E-state index is 0.00242. The molecule has 1 nitrogen and oxygen atoms in total. The van der Waals surface area contributed by atoms with Crippen LogP contribution in [0.3, 0.4) is 0 Å². The van der Waals surface area contributed by atoms with Gasteiger partial charge in [-0.25, -0.2) is 0 Å². The number of hydrogen-bond acceptors (Lipinski definition) is 1. The van der Waals surface area contributed by atoms with Gasteiger partial charge in [-0.2, -0.15) is 0 Å². The van der Waals surface area contributed by atoms with Crippen LogP contribution in [0.25, 0.3) is 0 Å². The van der Waals surface area contributed by atoms with Crippen LogP contribution in [-0.4, -0.2) is 0 Å². The Kier molecular flexibility index (Phi) is 4.89. The second kappa shape index (κ2) is 7.06. The van der Waals surface area contributed by atoms with Crippen molar-refractivity contribution in [2.75, 3.05) is 0 Å². The van der Waals surface area contributed by atoms with Gasteiger partial charge in [-0.15, -0.1) is 0 Å². The maximum absolute atomic E-state index is 6.12. The Morgan fingerprint density at radius 2 is 1.50 bits per heavy atom. The number of rotatable bonds is 5. The summed E-state index contributed by atoms with van der Waals surface area (Å²) in [5, 5.41) is 0. The summed E-state index contributed by atoms with van der Waals surface area (Å²) in [7, 11) is 0.00242. The predicted octanol–water partition coefficient (Wildman–Crippen LogP) is 6.31. The van der Waals surface area contributed by atoms with Gasteiger partial charge >= 0.3 is 0 Å². The zero-order valence-electron chi connectivity index (χ0n) is 13.3. The number of unbranched alkanes of at least 4 members (excludes halogenated alkanes) is 1. The van der Waals surface area contributed by atoms with Crippen LogP contribution in [0.15, 0.2) is 69.3 Å². The van der Waals surface area contributed by atoms with Gasteiger partial charge in [-0.3, -0.25) is 0 Å². The second-order valence-electron chi connectivity index (χ2n) is 5.51. The van der Waals surface area contributed by atoms with Gasteiger partial charge in [0.25, 0.3) is 0 Å². The fourth-order valence-corrected chi connectivity index (χ4v) is 5.31. The molecule has 0 spiro atoms. The van der Waals surface area contributed by atoms with E-state index in [1.165, 1.54) is 22.6 Å². The Morgan fingerprint density at radius 1 is 0.909 bits per heavy atom. The summed E-state index contributed by atoms with van der Waals surface area (Å²) >= 11 is 0. The first-order valence-corrected chi connectivity index (χ1v) is 9.36. The summed E-state index contributed by atoms with van der Waals surface area (Å²) < 4.78 is 6.12. The molecule has 0 amide bonds. The molecule has 2 aromatic carbocycles. The summed E-state index contributed by atoms with van der Waals surface area (Å²) in [5.41, 5.74) is 0. The van der Waals surface area contributed by atoms with Crippen LogP contribution in [-0.2, 0) is 10.9 Å². The van der Waals surface area contributed by atoms with Gasteiger partial charge in [0, 0.05) is 6.42 Å². The Labute approximate surface area is 136 Å². The van der Waals surface area contributed by atoms with E-state index in [2.05, 4.69) is 68.5 Å². The molecule has 3 rings (SSSR count). The van der Waals surface area contributed by atoms with Crippen molar-refractivity contribution in [3.05, 3.63) is 59.5 Å². The van der Waals surface area contributed by atoms with Gasteiger partial charge in [0.15, 0.2) is 11.5 Å². The standard InChI is InChI=1S/C20H23OS/c1-3-5-11-16(10-4-2)22-19-14-8-6-12-17(19)21-18-13-7-9-15-20(18)22/h6-9,11-15H,3-5,10H2,1-2H3/q+1/b16-11+. The van der Waals surface area contributed by atoms with Crippen LogP contribution in [0.5, 0.6) is 11.5 Å². The number of allylic oxidation sites excluding steroid dienone is 2.